The van der Waals surface area contributed by atoms with Crippen LogP contribution in [-0.2, 0) is 4.74 Å². The van der Waals surface area contributed by atoms with Crippen molar-refractivity contribution >= 4 is 16.5 Å². The molecule has 1 aliphatic heterocycles. The van der Waals surface area contributed by atoms with Gasteiger partial charge in [0.15, 0.2) is 5.13 Å². The standard InChI is InChI=1S/C10H16N2OS/c1-2-11-10-12-6-9(14-10)8-4-3-5-13-7-8/h6,8H,2-5,7H2,1H3,(H,11,12). The van der Waals surface area contributed by atoms with E-state index in [0.29, 0.717) is 5.92 Å². The molecule has 14 heavy (non-hydrogen) atoms. The number of hydrogen-bond acceptors (Lipinski definition) is 4. The average molecular weight is 212 g/mol. The Morgan fingerprint density at radius 3 is 3.36 bits per heavy atom. The van der Waals surface area contributed by atoms with E-state index < -0.39 is 0 Å². The molecule has 0 saturated carbocycles. The highest BCUT2D eigenvalue weighted by atomic mass is 32.1. The maximum atomic E-state index is 5.46. The van der Waals surface area contributed by atoms with Crippen LogP contribution < -0.4 is 5.32 Å². The summed E-state index contributed by atoms with van der Waals surface area (Å²) in [6, 6.07) is 0. The molecule has 2 rings (SSSR count). The van der Waals surface area contributed by atoms with Crippen LogP contribution in [0.2, 0.25) is 0 Å². The number of anilines is 1. The van der Waals surface area contributed by atoms with Crippen molar-refractivity contribution in [3.8, 4) is 0 Å². The molecule has 0 aromatic carbocycles. The molecule has 1 unspecified atom stereocenters. The van der Waals surface area contributed by atoms with Crippen LogP contribution in [0.4, 0.5) is 5.13 Å². The Balaban J connectivity index is 2.00. The van der Waals surface area contributed by atoms with Crippen LogP contribution in [0.5, 0.6) is 0 Å². The monoisotopic (exact) mass is 212 g/mol. The predicted molar refractivity (Wildman–Crippen MR) is 59.1 cm³/mol. The van der Waals surface area contributed by atoms with Crippen LogP contribution in [0.1, 0.15) is 30.6 Å². The van der Waals surface area contributed by atoms with E-state index in [1.165, 1.54) is 17.7 Å². The third kappa shape index (κ3) is 2.25. The zero-order chi connectivity index (χ0) is 9.80. The zero-order valence-corrected chi connectivity index (χ0v) is 9.27. The largest absolute Gasteiger partial charge is 0.381 e. The highest BCUT2D eigenvalue weighted by Crippen LogP contribution is 2.31. The van der Waals surface area contributed by atoms with Gasteiger partial charge in [0, 0.05) is 30.1 Å². The zero-order valence-electron chi connectivity index (χ0n) is 8.45. The summed E-state index contributed by atoms with van der Waals surface area (Å²) in [5, 5.41) is 4.27. The normalized spacial score (nSPS) is 22.2. The number of nitrogens with one attached hydrogen (secondary N) is 1. The van der Waals surface area contributed by atoms with Gasteiger partial charge in [-0.15, -0.1) is 11.3 Å². The quantitative estimate of drug-likeness (QED) is 0.835. The Morgan fingerprint density at radius 1 is 1.71 bits per heavy atom. The van der Waals surface area contributed by atoms with Gasteiger partial charge in [-0.3, -0.25) is 0 Å². The van der Waals surface area contributed by atoms with Gasteiger partial charge < -0.3 is 10.1 Å². The molecular weight excluding hydrogens is 196 g/mol. The topological polar surface area (TPSA) is 34.2 Å². The van der Waals surface area contributed by atoms with E-state index >= 15 is 0 Å². The molecule has 0 bridgehead atoms. The molecular formula is C10H16N2OS. The molecule has 0 spiro atoms. The van der Waals surface area contributed by atoms with E-state index in [1.54, 1.807) is 11.3 Å². The first-order chi connectivity index (χ1) is 6.90. The molecule has 0 aliphatic carbocycles. The molecule has 1 atom stereocenters. The Hall–Kier alpha value is -0.610. The lowest BCUT2D eigenvalue weighted by atomic mass is 10.0. The fourth-order valence-corrected chi connectivity index (χ4v) is 2.68. The van der Waals surface area contributed by atoms with Gasteiger partial charge in [-0.1, -0.05) is 0 Å². The molecule has 0 radical (unpaired) electrons. The summed E-state index contributed by atoms with van der Waals surface area (Å²) >= 11 is 1.76. The van der Waals surface area contributed by atoms with Crippen molar-refractivity contribution in [2.24, 2.45) is 0 Å². The van der Waals surface area contributed by atoms with Crippen molar-refractivity contribution < 1.29 is 4.74 Å². The van der Waals surface area contributed by atoms with Gasteiger partial charge in [-0.05, 0) is 19.8 Å². The van der Waals surface area contributed by atoms with E-state index in [1.807, 2.05) is 6.20 Å². The third-order valence-electron chi connectivity index (χ3n) is 2.41. The van der Waals surface area contributed by atoms with Crippen LogP contribution >= 0.6 is 11.3 Å². The van der Waals surface area contributed by atoms with Gasteiger partial charge >= 0.3 is 0 Å². The predicted octanol–water partition coefficient (Wildman–Crippen LogP) is 2.47. The summed E-state index contributed by atoms with van der Waals surface area (Å²) in [4.78, 5) is 5.69. The fraction of sp³-hybridized carbons (Fsp3) is 0.700. The van der Waals surface area contributed by atoms with Gasteiger partial charge in [-0.25, -0.2) is 4.98 Å². The van der Waals surface area contributed by atoms with Crippen molar-refractivity contribution in [2.75, 3.05) is 25.1 Å². The molecule has 1 saturated heterocycles. The van der Waals surface area contributed by atoms with Crippen molar-refractivity contribution in [1.29, 1.82) is 0 Å². The summed E-state index contributed by atoms with van der Waals surface area (Å²) in [6.07, 6.45) is 4.41. The summed E-state index contributed by atoms with van der Waals surface area (Å²) in [7, 11) is 0. The average Bonchev–Trinajstić information content (AvgIpc) is 2.68. The first-order valence-electron chi connectivity index (χ1n) is 5.17. The minimum atomic E-state index is 0.577. The lowest BCUT2D eigenvalue weighted by Crippen LogP contribution is -2.14. The van der Waals surface area contributed by atoms with Gasteiger partial charge in [0.05, 0.1) is 6.61 Å². The number of ether oxygens (including phenoxy) is 1. The molecule has 1 aliphatic rings. The van der Waals surface area contributed by atoms with Crippen molar-refractivity contribution in [3.05, 3.63) is 11.1 Å². The second-order valence-electron chi connectivity index (χ2n) is 3.51. The Kier molecular flexibility index (Phi) is 3.37. The van der Waals surface area contributed by atoms with E-state index in [9.17, 15) is 0 Å². The smallest absolute Gasteiger partial charge is 0.182 e. The SMILES string of the molecule is CCNc1ncc(C2CCCOC2)s1. The van der Waals surface area contributed by atoms with Crippen molar-refractivity contribution in [1.82, 2.24) is 4.98 Å². The molecule has 4 heteroatoms. The third-order valence-corrected chi connectivity index (χ3v) is 3.53. The second-order valence-corrected chi connectivity index (χ2v) is 4.57. The van der Waals surface area contributed by atoms with Crippen LogP contribution in [-0.4, -0.2) is 24.7 Å². The highest BCUT2D eigenvalue weighted by Gasteiger charge is 2.18. The van der Waals surface area contributed by atoms with Crippen molar-refractivity contribution in [2.45, 2.75) is 25.7 Å². The summed E-state index contributed by atoms with van der Waals surface area (Å²) in [5.41, 5.74) is 0. The summed E-state index contributed by atoms with van der Waals surface area (Å²) in [5.74, 6) is 0.577. The Labute approximate surface area is 88.5 Å². The van der Waals surface area contributed by atoms with Crippen molar-refractivity contribution in [3.63, 3.8) is 0 Å². The van der Waals surface area contributed by atoms with E-state index in [2.05, 4.69) is 17.2 Å². The molecule has 1 fully saturated rings. The van der Waals surface area contributed by atoms with Gasteiger partial charge in [0.1, 0.15) is 0 Å². The van der Waals surface area contributed by atoms with Crippen LogP contribution in [0.15, 0.2) is 6.20 Å². The fourth-order valence-electron chi connectivity index (χ4n) is 1.67. The number of hydrogen-bond donors (Lipinski definition) is 1. The lowest BCUT2D eigenvalue weighted by Gasteiger charge is -2.20. The molecule has 1 aromatic heterocycles. The van der Waals surface area contributed by atoms with E-state index in [4.69, 9.17) is 4.74 Å². The highest BCUT2D eigenvalue weighted by molar-refractivity contribution is 7.15. The minimum Gasteiger partial charge on any atom is -0.381 e. The summed E-state index contributed by atoms with van der Waals surface area (Å²) in [6.45, 7) is 4.82. The number of aromatic nitrogens is 1. The first-order valence-corrected chi connectivity index (χ1v) is 5.99. The molecule has 0 amide bonds. The van der Waals surface area contributed by atoms with Crippen LogP contribution in [0.3, 0.4) is 0 Å². The van der Waals surface area contributed by atoms with Crippen LogP contribution in [0.25, 0.3) is 0 Å². The van der Waals surface area contributed by atoms with Gasteiger partial charge in [0.2, 0.25) is 0 Å². The maximum Gasteiger partial charge on any atom is 0.182 e. The summed E-state index contributed by atoms with van der Waals surface area (Å²) < 4.78 is 5.46. The molecule has 2 heterocycles. The van der Waals surface area contributed by atoms with E-state index in [-0.39, 0.29) is 0 Å². The van der Waals surface area contributed by atoms with E-state index in [0.717, 1.165) is 24.9 Å². The number of rotatable bonds is 3. The van der Waals surface area contributed by atoms with Crippen LogP contribution in [0, 0.1) is 0 Å². The molecule has 78 valence electrons. The lowest BCUT2D eigenvalue weighted by molar-refractivity contribution is 0.0813. The Bertz CT molecular complexity index is 281. The van der Waals surface area contributed by atoms with Gasteiger partial charge in [-0.2, -0.15) is 0 Å². The maximum absolute atomic E-state index is 5.46. The first kappa shape index (κ1) is 9.93. The minimum absolute atomic E-state index is 0.577. The number of nitrogens with zero attached hydrogens (tertiary/aromatic N) is 1. The van der Waals surface area contributed by atoms with Gasteiger partial charge in [0.25, 0.3) is 0 Å². The second kappa shape index (κ2) is 4.75. The number of thiazole rings is 1. The molecule has 1 N–H and O–H groups in total. The molecule has 3 nitrogen and oxygen atoms in total. The Morgan fingerprint density at radius 2 is 2.64 bits per heavy atom. The molecule has 1 aromatic rings.